The van der Waals surface area contributed by atoms with Crippen LogP contribution in [-0.4, -0.2) is 5.91 Å². The highest BCUT2D eigenvalue weighted by Crippen LogP contribution is 2.13. The lowest BCUT2D eigenvalue weighted by atomic mass is 10.1. The van der Waals surface area contributed by atoms with Crippen molar-refractivity contribution in [3.05, 3.63) is 59.4 Å². The fraction of sp³-hybridized carbons (Fsp3) is 0.250. The molecular formula is C16H19N2O+. The summed E-state index contributed by atoms with van der Waals surface area (Å²) in [6.45, 7) is 6.42. The molecule has 0 radical (unpaired) electrons. The summed E-state index contributed by atoms with van der Waals surface area (Å²) >= 11 is 0. The molecule has 98 valence electrons. The Morgan fingerprint density at radius 1 is 1.11 bits per heavy atom. The predicted molar refractivity (Wildman–Crippen MR) is 75.9 cm³/mol. The molecule has 2 aromatic rings. The average Bonchev–Trinajstić information content (AvgIpc) is 2.37. The van der Waals surface area contributed by atoms with Crippen LogP contribution in [0.1, 0.15) is 16.8 Å². The lowest BCUT2D eigenvalue weighted by molar-refractivity contribution is -0.690. The normalized spacial score (nSPS) is 10.3. The van der Waals surface area contributed by atoms with E-state index in [1.807, 2.05) is 61.0 Å². The van der Waals surface area contributed by atoms with E-state index in [1.165, 1.54) is 11.1 Å². The third kappa shape index (κ3) is 3.41. The summed E-state index contributed by atoms with van der Waals surface area (Å²) in [4.78, 5) is 12.0. The minimum Gasteiger partial charge on any atom is -0.321 e. The molecule has 0 bridgehead atoms. The van der Waals surface area contributed by atoms with Gasteiger partial charge in [0.2, 0.25) is 6.54 Å². The zero-order valence-corrected chi connectivity index (χ0v) is 11.6. The van der Waals surface area contributed by atoms with Gasteiger partial charge < -0.3 is 5.32 Å². The Hall–Kier alpha value is -2.16. The zero-order valence-electron chi connectivity index (χ0n) is 11.6. The van der Waals surface area contributed by atoms with Gasteiger partial charge in [-0.2, -0.15) is 4.57 Å². The smallest absolute Gasteiger partial charge is 0.290 e. The van der Waals surface area contributed by atoms with Gasteiger partial charge in [-0.3, -0.25) is 4.79 Å². The van der Waals surface area contributed by atoms with Crippen molar-refractivity contribution >= 4 is 11.6 Å². The number of rotatable bonds is 3. The van der Waals surface area contributed by atoms with Gasteiger partial charge in [0, 0.05) is 24.7 Å². The molecule has 1 amide bonds. The highest BCUT2D eigenvalue weighted by molar-refractivity contribution is 5.89. The molecule has 19 heavy (non-hydrogen) atoms. The van der Waals surface area contributed by atoms with Crippen LogP contribution in [0.25, 0.3) is 0 Å². The van der Waals surface area contributed by atoms with Gasteiger partial charge in [0.25, 0.3) is 5.91 Å². The number of carbonyl (C=O) groups excluding carboxylic acids is 1. The van der Waals surface area contributed by atoms with Crippen molar-refractivity contribution in [2.24, 2.45) is 0 Å². The maximum atomic E-state index is 12.0. The molecule has 0 aliphatic heterocycles. The lowest BCUT2D eigenvalue weighted by Crippen LogP contribution is -2.42. The van der Waals surface area contributed by atoms with E-state index < -0.39 is 0 Å². The highest BCUT2D eigenvalue weighted by Gasteiger charge is 2.11. The van der Waals surface area contributed by atoms with Crippen molar-refractivity contribution in [1.29, 1.82) is 0 Å². The molecule has 1 heterocycles. The highest BCUT2D eigenvalue weighted by atomic mass is 16.1. The van der Waals surface area contributed by atoms with Crippen molar-refractivity contribution < 1.29 is 9.36 Å². The minimum absolute atomic E-state index is 0.0115. The van der Waals surface area contributed by atoms with Crippen LogP contribution < -0.4 is 9.88 Å². The Morgan fingerprint density at radius 2 is 1.89 bits per heavy atom. The first-order valence-corrected chi connectivity index (χ1v) is 6.38. The molecule has 0 spiro atoms. The topological polar surface area (TPSA) is 33.0 Å². The summed E-state index contributed by atoms with van der Waals surface area (Å²) in [7, 11) is 0. The van der Waals surface area contributed by atoms with E-state index >= 15 is 0 Å². The van der Waals surface area contributed by atoms with E-state index in [-0.39, 0.29) is 5.91 Å². The summed E-state index contributed by atoms with van der Waals surface area (Å²) in [6.07, 6.45) is 1.91. The predicted octanol–water partition coefficient (Wildman–Crippen LogP) is 2.54. The summed E-state index contributed by atoms with van der Waals surface area (Å²) in [5.74, 6) is -0.0115. The molecule has 0 saturated carbocycles. The fourth-order valence-corrected chi connectivity index (χ4v) is 1.91. The Balaban J connectivity index is 2.05. The van der Waals surface area contributed by atoms with Crippen molar-refractivity contribution in [3.8, 4) is 0 Å². The Morgan fingerprint density at radius 3 is 2.58 bits per heavy atom. The number of amides is 1. The zero-order chi connectivity index (χ0) is 13.8. The number of nitrogens with one attached hydrogen (secondary N) is 1. The first-order chi connectivity index (χ1) is 9.06. The van der Waals surface area contributed by atoms with Crippen LogP contribution in [0, 0.1) is 20.8 Å². The second kappa shape index (κ2) is 5.65. The van der Waals surface area contributed by atoms with E-state index in [1.54, 1.807) is 0 Å². The van der Waals surface area contributed by atoms with Crippen LogP contribution in [0.5, 0.6) is 0 Å². The number of carbonyl (C=O) groups is 1. The van der Waals surface area contributed by atoms with Gasteiger partial charge in [-0.15, -0.1) is 0 Å². The van der Waals surface area contributed by atoms with Crippen molar-refractivity contribution in [3.63, 3.8) is 0 Å². The molecular weight excluding hydrogens is 236 g/mol. The van der Waals surface area contributed by atoms with Gasteiger partial charge in [0.15, 0.2) is 11.9 Å². The SMILES string of the molecule is Cc1ccc(NC(=O)C[n+]2ccccc2C)cc1C. The molecule has 0 aliphatic rings. The Labute approximate surface area is 113 Å². The molecule has 3 heteroatoms. The van der Waals surface area contributed by atoms with E-state index in [9.17, 15) is 4.79 Å². The van der Waals surface area contributed by atoms with Crippen molar-refractivity contribution in [2.75, 3.05) is 5.32 Å². The quantitative estimate of drug-likeness (QED) is 0.840. The molecule has 0 saturated heterocycles. The number of benzene rings is 1. The van der Waals surface area contributed by atoms with Crippen LogP contribution in [0.4, 0.5) is 5.69 Å². The number of aryl methyl sites for hydroxylation is 3. The minimum atomic E-state index is -0.0115. The lowest BCUT2D eigenvalue weighted by Gasteiger charge is -2.06. The summed E-state index contributed by atoms with van der Waals surface area (Å²) in [5, 5.41) is 2.93. The average molecular weight is 255 g/mol. The molecule has 3 nitrogen and oxygen atoms in total. The van der Waals surface area contributed by atoms with Gasteiger partial charge in [0.05, 0.1) is 0 Å². The standard InChI is InChI=1S/C16H18N2O/c1-12-7-8-15(10-13(12)2)17-16(19)11-18-9-5-4-6-14(18)3/h4-10H,11H2,1-3H3/p+1. The van der Waals surface area contributed by atoms with E-state index in [4.69, 9.17) is 0 Å². The maximum absolute atomic E-state index is 12.0. The molecule has 1 aromatic heterocycles. The van der Waals surface area contributed by atoms with Gasteiger partial charge in [-0.25, -0.2) is 0 Å². The van der Waals surface area contributed by atoms with Crippen LogP contribution in [0.3, 0.4) is 0 Å². The monoisotopic (exact) mass is 255 g/mol. The van der Waals surface area contributed by atoms with Crippen molar-refractivity contribution in [1.82, 2.24) is 0 Å². The Bertz CT molecular complexity index is 605. The Kier molecular flexibility index (Phi) is 3.95. The van der Waals surface area contributed by atoms with Crippen LogP contribution in [-0.2, 0) is 11.3 Å². The molecule has 0 atom stereocenters. The second-order valence-corrected chi connectivity index (χ2v) is 4.82. The van der Waals surface area contributed by atoms with E-state index in [0.717, 1.165) is 11.4 Å². The molecule has 0 aliphatic carbocycles. The molecule has 0 fully saturated rings. The third-order valence-electron chi connectivity index (χ3n) is 3.27. The number of nitrogens with zero attached hydrogens (tertiary/aromatic N) is 1. The summed E-state index contributed by atoms with van der Waals surface area (Å²) < 4.78 is 1.93. The second-order valence-electron chi connectivity index (χ2n) is 4.82. The van der Waals surface area contributed by atoms with Crippen LogP contribution in [0.2, 0.25) is 0 Å². The van der Waals surface area contributed by atoms with Crippen LogP contribution in [0.15, 0.2) is 42.6 Å². The third-order valence-corrected chi connectivity index (χ3v) is 3.27. The van der Waals surface area contributed by atoms with E-state index in [2.05, 4.69) is 12.2 Å². The number of hydrogen-bond acceptors (Lipinski definition) is 1. The number of hydrogen-bond donors (Lipinski definition) is 1. The van der Waals surface area contributed by atoms with Gasteiger partial charge in [0.1, 0.15) is 0 Å². The number of pyridine rings is 1. The van der Waals surface area contributed by atoms with E-state index in [0.29, 0.717) is 6.54 Å². The van der Waals surface area contributed by atoms with Gasteiger partial charge >= 0.3 is 0 Å². The number of aromatic nitrogens is 1. The van der Waals surface area contributed by atoms with Gasteiger partial charge in [-0.1, -0.05) is 12.1 Å². The molecule has 1 N–H and O–H groups in total. The largest absolute Gasteiger partial charge is 0.321 e. The van der Waals surface area contributed by atoms with Crippen molar-refractivity contribution in [2.45, 2.75) is 27.3 Å². The number of anilines is 1. The van der Waals surface area contributed by atoms with Crippen LogP contribution >= 0.6 is 0 Å². The maximum Gasteiger partial charge on any atom is 0.290 e. The van der Waals surface area contributed by atoms with Gasteiger partial charge in [-0.05, 0) is 37.1 Å². The molecule has 2 rings (SSSR count). The molecule has 1 aromatic carbocycles. The first kappa shape index (κ1) is 13.3. The molecule has 0 unspecified atom stereocenters. The first-order valence-electron chi connectivity index (χ1n) is 6.38. The summed E-state index contributed by atoms with van der Waals surface area (Å²) in [6, 6.07) is 11.8. The fourth-order valence-electron chi connectivity index (χ4n) is 1.91. The summed E-state index contributed by atoms with van der Waals surface area (Å²) in [5.41, 5.74) is 4.33.